The lowest BCUT2D eigenvalue weighted by Crippen LogP contribution is -2.35. The minimum absolute atomic E-state index is 0.0180. The van der Waals surface area contributed by atoms with Gasteiger partial charge >= 0.3 is 0 Å². The number of rotatable bonds is 3. The summed E-state index contributed by atoms with van der Waals surface area (Å²) in [4.78, 5) is 7.05. The maximum atomic E-state index is 5.96. The Morgan fingerprint density at radius 1 is 1.31 bits per heavy atom. The van der Waals surface area contributed by atoms with Gasteiger partial charge in [-0.1, -0.05) is 27.7 Å². The zero-order chi connectivity index (χ0) is 12.2. The highest BCUT2D eigenvalue weighted by molar-refractivity contribution is 5.85. The molecule has 94 valence electrons. The van der Waals surface area contributed by atoms with E-state index in [1.54, 1.807) is 0 Å². The summed E-state index contributed by atoms with van der Waals surface area (Å²) in [5.41, 5.74) is 5.98. The Morgan fingerprint density at radius 2 is 1.88 bits per heavy atom. The van der Waals surface area contributed by atoms with E-state index >= 15 is 0 Å². The Bertz CT molecular complexity index is 232. The van der Waals surface area contributed by atoms with Gasteiger partial charge in [-0.25, -0.2) is 0 Å². The molecule has 0 aromatic heterocycles. The predicted octanol–water partition coefficient (Wildman–Crippen LogP) is 2.12. The molecule has 1 aliphatic rings. The summed E-state index contributed by atoms with van der Waals surface area (Å²) in [6, 6.07) is 0. The first-order valence-electron chi connectivity index (χ1n) is 6.46. The van der Waals surface area contributed by atoms with E-state index in [1.807, 2.05) is 0 Å². The number of likely N-dealkylation sites (tertiary alicyclic amines) is 1. The van der Waals surface area contributed by atoms with Crippen molar-refractivity contribution in [3.63, 3.8) is 0 Å². The monoisotopic (exact) mass is 225 g/mol. The van der Waals surface area contributed by atoms with Crippen molar-refractivity contribution in [2.24, 2.45) is 22.1 Å². The molecule has 3 heteroatoms. The van der Waals surface area contributed by atoms with Crippen molar-refractivity contribution >= 4 is 5.84 Å². The number of piperidine rings is 1. The van der Waals surface area contributed by atoms with Gasteiger partial charge in [-0.15, -0.1) is 0 Å². The van der Waals surface area contributed by atoms with E-state index in [2.05, 4.69) is 37.6 Å². The average Bonchev–Trinajstić information content (AvgIpc) is 2.25. The summed E-state index contributed by atoms with van der Waals surface area (Å²) in [6.45, 7) is 13.1. The van der Waals surface area contributed by atoms with E-state index in [0.29, 0.717) is 0 Å². The summed E-state index contributed by atoms with van der Waals surface area (Å²) in [6.07, 6.45) is 2.55. The minimum Gasteiger partial charge on any atom is -0.387 e. The van der Waals surface area contributed by atoms with Gasteiger partial charge in [0.25, 0.3) is 0 Å². The number of nitrogens with zero attached hydrogens (tertiary/aromatic N) is 2. The summed E-state index contributed by atoms with van der Waals surface area (Å²) < 4.78 is 0. The van der Waals surface area contributed by atoms with Crippen LogP contribution in [0.5, 0.6) is 0 Å². The summed E-state index contributed by atoms with van der Waals surface area (Å²) in [5.74, 6) is 1.54. The van der Waals surface area contributed by atoms with E-state index in [9.17, 15) is 0 Å². The molecule has 0 bridgehead atoms. The van der Waals surface area contributed by atoms with Crippen molar-refractivity contribution in [3.05, 3.63) is 0 Å². The molecule has 1 saturated heterocycles. The van der Waals surface area contributed by atoms with Crippen LogP contribution in [0.4, 0.5) is 0 Å². The van der Waals surface area contributed by atoms with Gasteiger partial charge in [0.2, 0.25) is 0 Å². The maximum Gasteiger partial charge on any atom is 0.0991 e. The van der Waals surface area contributed by atoms with Crippen molar-refractivity contribution in [2.75, 3.05) is 26.2 Å². The molecule has 1 rings (SSSR count). The standard InChI is InChI=1S/C13H27N3/c1-5-16-8-6-11(7-9-16)10-15-12(14)13(2,3)4/h11H,5-10H2,1-4H3,(H2,14,15). The second kappa shape index (κ2) is 5.67. The molecule has 0 saturated carbocycles. The lowest BCUT2D eigenvalue weighted by atomic mass is 9.94. The lowest BCUT2D eigenvalue weighted by Gasteiger charge is -2.30. The molecule has 0 unspecified atom stereocenters. The summed E-state index contributed by atoms with van der Waals surface area (Å²) in [7, 11) is 0. The van der Waals surface area contributed by atoms with Gasteiger partial charge in [-0.3, -0.25) is 4.99 Å². The number of nitrogens with two attached hydrogens (primary N) is 1. The van der Waals surface area contributed by atoms with E-state index in [0.717, 1.165) is 18.3 Å². The Labute approximate surface area is 100 Å². The first-order valence-corrected chi connectivity index (χ1v) is 6.46. The fraction of sp³-hybridized carbons (Fsp3) is 0.923. The first-order chi connectivity index (χ1) is 7.43. The SMILES string of the molecule is CCN1CCC(CN=C(N)C(C)(C)C)CC1. The average molecular weight is 225 g/mol. The zero-order valence-corrected chi connectivity index (χ0v) is 11.3. The highest BCUT2D eigenvalue weighted by atomic mass is 15.1. The number of amidine groups is 1. The van der Waals surface area contributed by atoms with Crippen LogP contribution in [0.3, 0.4) is 0 Å². The largest absolute Gasteiger partial charge is 0.387 e. The molecule has 1 aliphatic heterocycles. The van der Waals surface area contributed by atoms with Crippen molar-refractivity contribution in [1.82, 2.24) is 4.90 Å². The third kappa shape index (κ3) is 4.12. The Morgan fingerprint density at radius 3 is 2.31 bits per heavy atom. The topological polar surface area (TPSA) is 41.6 Å². The highest BCUT2D eigenvalue weighted by Crippen LogP contribution is 2.18. The van der Waals surface area contributed by atoms with E-state index < -0.39 is 0 Å². The van der Waals surface area contributed by atoms with Gasteiger partial charge in [-0.05, 0) is 38.4 Å². The third-order valence-corrected chi connectivity index (χ3v) is 3.44. The Kier molecular flexibility index (Phi) is 4.78. The van der Waals surface area contributed by atoms with Crippen LogP contribution >= 0.6 is 0 Å². The van der Waals surface area contributed by atoms with Crippen LogP contribution in [0.1, 0.15) is 40.5 Å². The predicted molar refractivity (Wildman–Crippen MR) is 70.8 cm³/mol. The van der Waals surface area contributed by atoms with Gasteiger partial charge < -0.3 is 10.6 Å². The Hall–Kier alpha value is -0.570. The number of hydrogen-bond acceptors (Lipinski definition) is 2. The van der Waals surface area contributed by atoms with Crippen LogP contribution in [0, 0.1) is 11.3 Å². The number of hydrogen-bond donors (Lipinski definition) is 1. The molecule has 2 N–H and O–H groups in total. The van der Waals surface area contributed by atoms with Crippen molar-refractivity contribution in [1.29, 1.82) is 0 Å². The molecule has 0 aromatic rings. The molecular weight excluding hydrogens is 198 g/mol. The molecule has 0 aliphatic carbocycles. The quantitative estimate of drug-likeness (QED) is 0.590. The molecule has 0 spiro atoms. The van der Waals surface area contributed by atoms with Crippen molar-refractivity contribution < 1.29 is 0 Å². The number of aliphatic imine (C=N–C) groups is 1. The normalized spacial score (nSPS) is 21.4. The molecule has 0 atom stereocenters. The van der Waals surface area contributed by atoms with E-state index in [4.69, 9.17) is 5.73 Å². The van der Waals surface area contributed by atoms with E-state index in [-0.39, 0.29) is 5.41 Å². The van der Waals surface area contributed by atoms with E-state index in [1.165, 1.54) is 32.5 Å². The zero-order valence-electron chi connectivity index (χ0n) is 11.3. The molecular formula is C13H27N3. The summed E-state index contributed by atoms with van der Waals surface area (Å²) >= 11 is 0. The summed E-state index contributed by atoms with van der Waals surface area (Å²) in [5, 5.41) is 0. The molecule has 1 heterocycles. The van der Waals surface area contributed by atoms with Gasteiger partial charge in [0.05, 0.1) is 5.84 Å². The van der Waals surface area contributed by atoms with Crippen LogP contribution in [0.2, 0.25) is 0 Å². The van der Waals surface area contributed by atoms with Gasteiger partial charge in [0, 0.05) is 12.0 Å². The van der Waals surface area contributed by atoms with Crippen LogP contribution in [-0.4, -0.2) is 36.9 Å². The molecule has 3 nitrogen and oxygen atoms in total. The lowest BCUT2D eigenvalue weighted by molar-refractivity contribution is 0.196. The molecule has 0 amide bonds. The fourth-order valence-corrected chi connectivity index (χ4v) is 1.95. The van der Waals surface area contributed by atoms with Gasteiger partial charge in [-0.2, -0.15) is 0 Å². The van der Waals surface area contributed by atoms with Gasteiger partial charge in [0.15, 0.2) is 0 Å². The second-order valence-corrected chi connectivity index (χ2v) is 5.85. The minimum atomic E-state index is 0.0180. The molecule has 0 radical (unpaired) electrons. The smallest absolute Gasteiger partial charge is 0.0991 e. The van der Waals surface area contributed by atoms with Crippen LogP contribution in [-0.2, 0) is 0 Å². The highest BCUT2D eigenvalue weighted by Gasteiger charge is 2.19. The van der Waals surface area contributed by atoms with Crippen molar-refractivity contribution in [3.8, 4) is 0 Å². The van der Waals surface area contributed by atoms with Crippen LogP contribution in [0.15, 0.2) is 4.99 Å². The molecule has 16 heavy (non-hydrogen) atoms. The first kappa shape index (κ1) is 13.5. The second-order valence-electron chi connectivity index (χ2n) is 5.85. The molecule has 1 fully saturated rings. The van der Waals surface area contributed by atoms with Crippen LogP contribution in [0.25, 0.3) is 0 Å². The Balaban J connectivity index is 2.35. The molecule has 0 aromatic carbocycles. The third-order valence-electron chi connectivity index (χ3n) is 3.44. The van der Waals surface area contributed by atoms with Crippen molar-refractivity contribution in [2.45, 2.75) is 40.5 Å². The maximum absolute atomic E-state index is 5.96. The van der Waals surface area contributed by atoms with Crippen LogP contribution < -0.4 is 5.73 Å². The fourth-order valence-electron chi connectivity index (χ4n) is 1.95. The van der Waals surface area contributed by atoms with Gasteiger partial charge in [0.1, 0.15) is 0 Å².